The van der Waals surface area contributed by atoms with Crippen molar-refractivity contribution in [3.8, 4) is 0 Å². The fourth-order valence-electron chi connectivity index (χ4n) is 2.98. The van der Waals surface area contributed by atoms with E-state index in [-0.39, 0.29) is 18.4 Å². The lowest BCUT2D eigenvalue weighted by molar-refractivity contribution is -0.934. The van der Waals surface area contributed by atoms with E-state index in [2.05, 4.69) is 0 Å². The average molecular weight is 300 g/mol. The molecule has 1 N–H and O–H groups in total. The van der Waals surface area contributed by atoms with E-state index in [1.165, 1.54) is 12.5 Å². The molecule has 0 bridgehead atoms. The first kappa shape index (κ1) is 15.3. The van der Waals surface area contributed by atoms with Crippen molar-refractivity contribution in [2.45, 2.75) is 44.7 Å². The van der Waals surface area contributed by atoms with Crippen molar-refractivity contribution in [1.29, 1.82) is 0 Å². The predicted octanol–water partition coefficient (Wildman–Crippen LogP) is 0.947. The van der Waals surface area contributed by atoms with E-state index >= 15 is 0 Å². The normalized spacial score (nSPS) is 17.9. The van der Waals surface area contributed by atoms with Crippen LogP contribution in [0.5, 0.6) is 0 Å². The van der Waals surface area contributed by atoms with Crippen molar-refractivity contribution < 1.29 is 19.2 Å². The summed E-state index contributed by atoms with van der Waals surface area (Å²) in [5.74, 6) is -1.47. The molecule has 1 aromatic rings. The number of hydrogen-bond donors (Lipinski definition) is 1. The molecular weight excluding hydrogens is 281 g/mol. The number of carbonyl (C=O) groups excluding carboxylic acids is 1. The summed E-state index contributed by atoms with van der Waals surface area (Å²) in [7, 11) is 0. The maximum Gasteiger partial charge on any atom is 0.133 e. The summed E-state index contributed by atoms with van der Waals surface area (Å²) in [5, 5.41) is 11.3. The number of rotatable bonds is 5. The lowest BCUT2D eigenvalue weighted by Gasteiger charge is -2.32. The molecule has 3 nitrogen and oxygen atoms in total. The number of carboxylic acids is 1. The highest BCUT2D eigenvalue weighted by molar-refractivity contribution is 6.31. The molecule has 5 heteroatoms. The van der Waals surface area contributed by atoms with Crippen LogP contribution in [0.2, 0.25) is 5.02 Å². The van der Waals surface area contributed by atoms with E-state index in [9.17, 15) is 14.3 Å². The maximum absolute atomic E-state index is 13.9. The third-order valence-electron chi connectivity index (χ3n) is 4.02. The molecule has 20 heavy (non-hydrogen) atoms. The summed E-state index contributed by atoms with van der Waals surface area (Å²) < 4.78 is 13.9. The third kappa shape index (κ3) is 3.93. The van der Waals surface area contributed by atoms with Crippen molar-refractivity contribution in [2.24, 2.45) is 0 Å². The molecule has 0 aliphatic heterocycles. The van der Waals surface area contributed by atoms with Gasteiger partial charge < -0.3 is 14.8 Å². The van der Waals surface area contributed by atoms with Crippen LogP contribution in [0.4, 0.5) is 4.39 Å². The molecular formula is C15H19ClFNO2. The Kier molecular flexibility index (Phi) is 5.38. The zero-order valence-electron chi connectivity index (χ0n) is 11.3. The Morgan fingerprint density at radius 3 is 2.65 bits per heavy atom. The number of halogens is 2. The Morgan fingerprint density at radius 2 is 2.05 bits per heavy atom. The van der Waals surface area contributed by atoms with Crippen molar-refractivity contribution in [3.63, 3.8) is 0 Å². The van der Waals surface area contributed by atoms with Crippen LogP contribution in [-0.4, -0.2) is 18.6 Å². The maximum atomic E-state index is 13.9. The topological polar surface area (TPSA) is 44.6 Å². The van der Waals surface area contributed by atoms with Crippen LogP contribution < -0.4 is 10.0 Å². The Bertz CT molecular complexity index is 455. The Hall–Kier alpha value is -1.13. The van der Waals surface area contributed by atoms with Gasteiger partial charge in [-0.2, -0.15) is 0 Å². The van der Waals surface area contributed by atoms with Crippen molar-refractivity contribution in [2.75, 3.05) is 6.54 Å². The summed E-state index contributed by atoms with van der Waals surface area (Å²) in [6.07, 6.45) is 5.36. The highest BCUT2D eigenvalue weighted by Gasteiger charge is 2.26. The first-order valence-electron chi connectivity index (χ1n) is 7.05. The van der Waals surface area contributed by atoms with Crippen molar-refractivity contribution >= 4 is 17.6 Å². The molecule has 0 radical (unpaired) electrons. The van der Waals surface area contributed by atoms with Crippen LogP contribution in [-0.2, 0) is 11.3 Å². The van der Waals surface area contributed by atoms with Crippen LogP contribution in [0, 0.1) is 5.82 Å². The first-order valence-corrected chi connectivity index (χ1v) is 7.43. The van der Waals surface area contributed by atoms with Gasteiger partial charge in [-0.15, -0.1) is 0 Å². The number of hydrogen-bond acceptors (Lipinski definition) is 2. The van der Waals surface area contributed by atoms with Crippen molar-refractivity contribution in [1.82, 2.24) is 0 Å². The summed E-state index contributed by atoms with van der Waals surface area (Å²) in [6.45, 7) is 0.194. The van der Waals surface area contributed by atoms with Gasteiger partial charge in [-0.3, -0.25) is 0 Å². The molecule has 0 saturated heterocycles. The lowest BCUT2D eigenvalue weighted by atomic mass is 9.94. The fraction of sp³-hybridized carbons (Fsp3) is 0.533. The highest BCUT2D eigenvalue weighted by atomic mass is 35.5. The van der Waals surface area contributed by atoms with Gasteiger partial charge in [0.05, 0.1) is 22.6 Å². The van der Waals surface area contributed by atoms with Crippen LogP contribution >= 0.6 is 11.6 Å². The summed E-state index contributed by atoms with van der Waals surface area (Å²) in [6, 6.07) is 4.80. The third-order valence-corrected chi connectivity index (χ3v) is 4.37. The van der Waals surface area contributed by atoms with Gasteiger partial charge in [0.25, 0.3) is 0 Å². The van der Waals surface area contributed by atoms with Gasteiger partial charge in [-0.25, -0.2) is 4.39 Å². The summed E-state index contributed by atoms with van der Waals surface area (Å²) in [5.41, 5.74) is 0.399. The van der Waals surface area contributed by atoms with Gasteiger partial charge in [-0.05, 0) is 37.8 Å². The number of quaternary nitrogens is 1. The monoisotopic (exact) mass is 299 g/mol. The number of nitrogens with one attached hydrogen (secondary N) is 1. The average Bonchev–Trinajstić information content (AvgIpc) is 2.42. The molecule has 1 atom stereocenters. The first-order chi connectivity index (χ1) is 9.58. The van der Waals surface area contributed by atoms with Crippen LogP contribution in [0.15, 0.2) is 18.2 Å². The Morgan fingerprint density at radius 1 is 1.35 bits per heavy atom. The minimum atomic E-state index is -1.10. The molecule has 2 rings (SSSR count). The van der Waals surface area contributed by atoms with E-state index in [1.54, 1.807) is 12.1 Å². The SMILES string of the molecule is O=C([O-])C[NH+](Cc1c(F)cccc1Cl)C1CCCCC1. The van der Waals surface area contributed by atoms with E-state index in [0.717, 1.165) is 30.6 Å². The highest BCUT2D eigenvalue weighted by Crippen LogP contribution is 2.19. The zero-order chi connectivity index (χ0) is 14.5. The van der Waals surface area contributed by atoms with Crippen LogP contribution in [0.1, 0.15) is 37.7 Å². The van der Waals surface area contributed by atoms with Gasteiger partial charge in [-0.1, -0.05) is 24.1 Å². The molecule has 110 valence electrons. The number of benzene rings is 1. The summed E-state index contributed by atoms with van der Waals surface area (Å²) >= 11 is 6.03. The van der Waals surface area contributed by atoms with Gasteiger partial charge in [0.1, 0.15) is 18.9 Å². The van der Waals surface area contributed by atoms with E-state index in [1.807, 2.05) is 0 Å². The fourth-order valence-corrected chi connectivity index (χ4v) is 3.21. The molecule has 0 heterocycles. The second kappa shape index (κ2) is 7.04. The van der Waals surface area contributed by atoms with Gasteiger partial charge in [0.15, 0.2) is 0 Å². The zero-order valence-corrected chi connectivity index (χ0v) is 12.1. The predicted molar refractivity (Wildman–Crippen MR) is 72.8 cm³/mol. The smallest absolute Gasteiger partial charge is 0.133 e. The molecule has 1 aliphatic rings. The standard InChI is InChI=1S/C15H19ClFNO2/c16-13-7-4-8-14(17)12(13)9-18(10-15(19)20)11-5-2-1-3-6-11/h4,7-8,11H,1-3,5-6,9-10H2,(H,19,20). The minimum Gasteiger partial charge on any atom is -0.544 e. The molecule has 1 aliphatic carbocycles. The Labute approximate surface area is 123 Å². The molecule has 1 aromatic carbocycles. The van der Waals surface area contributed by atoms with Crippen molar-refractivity contribution in [3.05, 3.63) is 34.6 Å². The van der Waals surface area contributed by atoms with E-state index in [4.69, 9.17) is 11.6 Å². The molecule has 0 spiro atoms. The molecule has 1 unspecified atom stereocenters. The number of carbonyl (C=O) groups is 1. The number of aliphatic carboxylic acids is 1. The van der Waals surface area contributed by atoms with Gasteiger partial charge >= 0.3 is 0 Å². The largest absolute Gasteiger partial charge is 0.544 e. The molecule has 1 fully saturated rings. The molecule has 0 amide bonds. The quantitative estimate of drug-likeness (QED) is 0.880. The summed E-state index contributed by atoms with van der Waals surface area (Å²) in [4.78, 5) is 11.8. The molecule has 1 saturated carbocycles. The second-order valence-electron chi connectivity index (χ2n) is 5.42. The van der Waals surface area contributed by atoms with E-state index in [0.29, 0.717) is 17.1 Å². The van der Waals surface area contributed by atoms with Crippen LogP contribution in [0.3, 0.4) is 0 Å². The minimum absolute atomic E-state index is 0.102. The lowest BCUT2D eigenvalue weighted by Crippen LogP contribution is -3.16. The van der Waals surface area contributed by atoms with Gasteiger partial charge in [0.2, 0.25) is 0 Å². The van der Waals surface area contributed by atoms with Crippen LogP contribution in [0.25, 0.3) is 0 Å². The Balaban J connectivity index is 2.16. The van der Waals surface area contributed by atoms with Gasteiger partial charge in [0, 0.05) is 0 Å². The van der Waals surface area contributed by atoms with E-state index < -0.39 is 5.97 Å². The number of carboxylic acid groups (broad SMARTS) is 1. The second-order valence-corrected chi connectivity index (χ2v) is 5.83. The molecule has 0 aromatic heterocycles.